The van der Waals surface area contributed by atoms with E-state index < -0.39 is 23.9 Å². The van der Waals surface area contributed by atoms with Crippen molar-refractivity contribution in [2.75, 3.05) is 12.1 Å². The number of alkyl halides is 2. The van der Waals surface area contributed by atoms with Gasteiger partial charge in [0.05, 0.1) is 10.7 Å². The Morgan fingerprint density at radius 2 is 1.97 bits per heavy atom. The van der Waals surface area contributed by atoms with Crippen LogP contribution in [0.4, 0.5) is 14.5 Å². The third-order valence-corrected chi connectivity index (χ3v) is 5.17. The van der Waals surface area contributed by atoms with E-state index in [9.17, 15) is 18.4 Å². The second-order valence-corrected chi connectivity index (χ2v) is 8.14. The first-order valence-corrected chi connectivity index (χ1v) is 10.6. The smallest absolute Gasteiger partial charge is 0.282 e. The van der Waals surface area contributed by atoms with Crippen LogP contribution in [0.1, 0.15) is 52.4 Å². The molecule has 3 aromatic rings. The fourth-order valence-electron chi connectivity index (χ4n) is 3.42. The summed E-state index contributed by atoms with van der Waals surface area (Å²) < 4.78 is 38.7. The summed E-state index contributed by atoms with van der Waals surface area (Å²) in [6, 6.07) is 5.41. The number of carbonyl (C=O) groups is 2. The molecule has 0 bridgehead atoms. The van der Waals surface area contributed by atoms with E-state index in [1.807, 2.05) is 0 Å². The second-order valence-electron chi connectivity index (χ2n) is 7.74. The average molecular weight is 492 g/mol. The van der Waals surface area contributed by atoms with E-state index in [-0.39, 0.29) is 46.4 Å². The minimum atomic E-state index is -2.94. The Balaban J connectivity index is 1.80. The average Bonchev–Trinajstić information content (AvgIpc) is 3.41. The van der Waals surface area contributed by atoms with Gasteiger partial charge in [0.15, 0.2) is 17.3 Å². The normalized spacial score (nSPS) is 12.4. The van der Waals surface area contributed by atoms with Crippen molar-refractivity contribution in [3.63, 3.8) is 0 Å². The molecule has 0 aliphatic carbocycles. The molecule has 178 valence electrons. The van der Waals surface area contributed by atoms with Crippen LogP contribution in [-0.4, -0.2) is 39.4 Å². The van der Waals surface area contributed by atoms with E-state index >= 15 is 0 Å². The fourth-order valence-corrected chi connectivity index (χ4v) is 3.62. The third-order valence-electron chi connectivity index (χ3n) is 4.87. The van der Waals surface area contributed by atoms with Gasteiger partial charge in [-0.05, 0) is 50.6 Å². The van der Waals surface area contributed by atoms with Crippen molar-refractivity contribution in [3.05, 3.63) is 58.0 Å². The van der Waals surface area contributed by atoms with Crippen LogP contribution in [0.3, 0.4) is 0 Å². The van der Waals surface area contributed by atoms with Crippen molar-refractivity contribution in [2.45, 2.75) is 33.2 Å². The van der Waals surface area contributed by atoms with E-state index in [0.29, 0.717) is 11.3 Å². The third kappa shape index (κ3) is 4.38. The maximum Gasteiger partial charge on any atom is 0.282 e. The van der Waals surface area contributed by atoms with Crippen LogP contribution in [0.2, 0.25) is 5.02 Å². The fraction of sp³-hybridized carbons (Fsp3) is 0.273. The summed E-state index contributed by atoms with van der Waals surface area (Å²) in [4.78, 5) is 30.4. The van der Waals surface area contributed by atoms with Gasteiger partial charge in [0.2, 0.25) is 6.79 Å². The summed E-state index contributed by atoms with van der Waals surface area (Å²) in [5.74, 6) is -0.767. The van der Waals surface area contributed by atoms with Crippen molar-refractivity contribution >= 4 is 29.1 Å². The molecule has 0 unspecified atom stereocenters. The van der Waals surface area contributed by atoms with Crippen molar-refractivity contribution in [1.82, 2.24) is 20.1 Å². The number of aryl methyl sites for hydroxylation is 1. The number of pyridine rings is 1. The molecule has 9 nitrogen and oxygen atoms in total. The lowest BCUT2D eigenvalue weighted by Gasteiger charge is -2.17. The molecule has 0 spiro atoms. The van der Waals surface area contributed by atoms with Gasteiger partial charge < -0.3 is 20.1 Å². The molecule has 2 aromatic heterocycles. The van der Waals surface area contributed by atoms with Crippen molar-refractivity contribution < 1.29 is 27.8 Å². The van der Waals surface area contributed by atoms with Crippen molar-refractivity contribution in [1.29, 1.82) is 0 Å². The number of nitrogens with zero attached hydrogens (tertiary/aromatic N) is 3. The van der Waals surface area contributed by atoms with Gasteiger partial charge >= 0.3 is 0 Å². The number of amides is 2. The monoisotopic (exact) mass is 491 g/mol. The molecule has 0 atom stereocenters. The number of hydrogen-bond acceptors (Lipinski definition) is 6. The molecule has 1 aliphatic heterocycles. The van der Waals surface area contributed by atoms with E-state index in [0.717, 1.165) is 10.7 Å². The van der Waals surface area contributed by atoms with Gasteiger partial charge in [0.25, 0.3) is 18.2 Å². The minimum Gasteiger partial charge on any atom is -0.454 e. The number of carbonyl (C=O) groups excluding carboxylic acids is 2. The number of fused-ring (bicyclic) bond motifs is 1. The first kappa shape index (κ1) is 23.4. The van der Waals surface area contributed by atoms with E-state index in [1.54, 1.807) is 32.9 Å². The van der Waals surface area contributed by atoms with Gasteiger partial charge in [0, 0.05) is 12.2 Å². The minimum absolute atomic E-state index is 0.00130. The standard InChI is InChI=1S/C22H20ClF2N5O4/c1-10(2)27-22(32)16-17(11(3)7-15-18(16)34-9-33-15)28-21(31)14-8-13(19(24)25)29-30(14)20-12(23)5-4-6-26-20/h4-8,10,19H,9H2,1-3H3,(H,27,32)(H,28,31). The molecule has 2 amide bonds. The molecule has 12 heteroatoms. The first-order chi connectivity index (χ1) is 16.2. The molecule has 2 N–H and O–H groups in total. The molecular formula is C22H20ClF2N5O4. The zero-order chi connectivity index (χ0) is 24.6. The lowest BCUT2D eigenvalue weighted by Crippen LogP contribution is -2.31. The molecule has 0 saturated carbocycles. The van der Waals surface area contributed by atoms with Gasteiger partial charge in [-0.2, -0.15) is 5.10 Å². The highest BCUT2D eigenvalue weighted by Crippen LogP contribution is 2.42. The Kier molecular flexibility index (Phi) is 6.38. The summed E-state index contributed by atoms with van der Waals surface area (Å²) >= 11 is 6.16. The number of hydrogen-bond donors (Lipinski definition) is 2. The van der Waals surface area contributed by atoms with E-state index in [1.165, 1.54) is 12.3 Å². The van der Waals surface area contributed by atoms with Crippen LogP contribution in [0.15, 0.2) is 30.5 Å². The summed E-state index contributed by atoms with van der Waals surface area (Å²) in [5.41, 5.74) is -0.172. The largest absolute Gasteiger partial charge is 0.454 e. The summed E-state index contributed by atoms with van der Waals surface area (Å²) in [6.07, 6.45) is -1.54. The number of nitrogens with one attached hydrogen (secondary N) is 2. The number of ether oxygens (including phenoxy) is 2. The van der Waals surface area contributed by atoms with Gasteiger partial charge in [-0.3, -0.25) is 9.59 Å². The molecule has 1 aromatic carbocycles. The van der Waals surface area contributed by atoms with Gasteiger partial charge in [-0.1, -0.05) is 11.6 Å². The van der Waals surface area contributed by atoms with Crippen LogP contribution in [-0.2, 0) is 0 Å². The maximum absolute atomic E-state index is 13.4. The quantitative estimate of drug-likeness (QED) is 0.533. The molecule has 0 radical (unpaired) electrons. The summed E-state index contributed by atoms with van der Waals surface area (Å²) in [5, 5.41) is 9.34. The molecule has 3 heterocycles. The number of anilines is 1. The topological polar surface area (TPSA) is 107 Å². The Labute approximate surface area is 198 Å². The lowest BCUT2D eigenvalue weighted by atomic mass is 10.0. The van der Waals surface area contributed by atoms with Crippen LogP contribution in [0, 0.1) is 6.92 Å². The highest BCUT2D eigenvalue weighted by Gasteiger charge is 2.30. The predicted octanol–water partition coefficient (Wildman–Crippen LogP) is 4.29. The highest BCUT2D eigenvalue weighted by atomic mass is 35.5. The van der Waals surface area contributed by atoms with Crippen LogP contribution < -0.4 is 20.1 Å². The molecule has 4 rings (SSSR count). The first-order valence-electron chi connectivity index (χ1n) is 10.2. The lowest BCUT2D eigenvalue weighted by molar-refractivity contribution is 0.0939. The zero-order valence-corrected chi connectivity index (χ0v) is 19.1. The van der Waals surface area contributed by atoms with E-state index in [4.69, 9.17) is 21.1 Å². The predicted molar refractivity (Wildman–Crippen MR) is 119 cm³/mol. The van der Waals surface area contributed by atoms with Crippen LogP contribution >= 0.6 is 11.6 Å². The Bertz CT molecular complexity index is 1280. The summed E-state index contributed by atoms with van der Waals surface area (Å²) in [6.45, 7) is 5.15. The molecule has 0 fully saturated rings. The maximum atomic E-state index is 13.4. The Hall–Kier alpha value is -3.73. The molecule has 34 heavy (non-hydrogen) atoms. The molecular weight excluding hydrogens is 472 g/mol. The van der Waals surface area contributed by atoms with Crippen LogP contribution in [0.5, 0.6) is 11.5 Å². The Morgan fingerprint density at radius 1 is 1.21 bits per heavy atom. The number of halogens is 3. The van der Waals surface area contributed by atoms with Crippen LogP contribution in [0.25, 0.3) is 5.82 Å². The van der Waals surface area contributed by atoms with Crippen molar-refractivity contribution in [2.24, 2.45) is 0 Å². The summed E-state index contributed by atoms with van der Waals surface area (Å²) in [7, 11) is 0. The second kappa shape index (κ2) is 9.26. The SMILES string of the molecule is Cc1cc2c(c(C(=O)NC(C)C)c1NC(=O)c1cc(C(F)F)nn1-c1ncccc1Cl)OCO2. The van der Waals surface area contributed by atoms with Gasteiger partial charge in [-0.25, -0.2) is 18.4 Å². The van der Waals surface area contributed by atoms with Crippen molar-refractivity contribution in [3.8, 4) is 17.3 Å². The molecule has 0 saturated heterocycles. The molecule has 1 aliphatic rings. The highest BCUT2D eigenvalue weighted by molar-refractivity contribution is 6.32. The van der Waals surface area contributed by atoms with Gasteiger partial charge in [-0.15, -0.1) is 0 Å². The Morgan fingerprint density at radius 3 is 2.65 bits per heavy atom. The van der Waals surface area contributed by atoms with Gasteiger partial charge in [0.1, 0.15) is 17.0 Å². The van der Waals surface area contributed by atoms with E-state index in [2.05, 4.69) is 20.7 Å². The number of benzene rings is 1. The zero-order valence-electron chi connectivity index (χ0n) is 18.4. The number of rotatable bonds is 6. The number of aromatic nitrogens is 3.